The molecule has 0 aromatic heterocycles. The minimum absolute atomic E-state index is 0.200. The van der Waals surface area contributed by atoms with Gasteiger partial charge in [0.25, 0.3) is 11.7 Å². The summed E-state index contributed by atoms with van der Waals surface area (Å²) < 4.78 is 13.4. The highest BCUT2D eigenvalue weighted by Crippen LogP contribution is 2.34. The van der Waals surface area contributed by atoms with Gasteiger partial charge in [0.05, 0.1) is 11.3 Å². The quantitative estimate of drug-likeness (QED) is 0.783. The molecular weight excluding hydrogens is 245 g/mol. The first kappa shape index (κ1) is 13.7. The minimum atomic E-state index is -0.596. The van der Waals surface area contributed by atoms with E-state index in [-0.39, 0.29) is 5.56 Å². The van der Waals surface area contributed by atoms with Crippen LogP contribution in [0.1, 0.15) is 42.6 Å². The first-order chi connectivity index (χ1) is 8.95. The maximum Gasteiger partial charge on any atom is 0.299 e. The molecule has 4 heteroatoms. The summed E-state index contributed by atoms with van der Waals surface area (Å²) in [6.45, 7) is 6.38. The highest BCUT2D eigenvalue weighted by atomic mass is 19.1. The molecule has 0 fully saturated rings. The van der Waals surface area contributed by atoms with Crippen LogP contribution in [-0.2, 0) is 4.79 Å². The molecule has 19 heavy (non-hydrogen) atoms. The number of rotatable bonds is 4. The number of ketones is 1. The summed E-state index contributed by atoms with van der Waals surface area (Å²) in [4.78, 5) is 25.4. The number of halogens is 1. The van der Waals surface area contributed by atoms with Crippen LogP contribution in [0.2, 0.25) is 0 Å². The molecule has 0 spiro atoms. The van der Waals surface area contributed by atoms with Gasteiger partial charge in [-0.2, -0.15) is 0 Å². The number of carbonyl (C=O) groups is 2. The van der Waals surface area contributed by atoms with Crippen LogP contribution in [0.4, 0.5) is 10.1 Å². The first-order valence-corrected chi connectivity index (χ1v) is 6.62. The van der Waals surface area contributed by atoms with E-state index in [1.54, 1.807) is 6.92 Å². The Kier molecular flexibility index (Phi) is 3.69. The predicted molar refractivity (Wildman–Crippen MR) is 71.9 cm³/mol. The molecule has 0 aliphatic carbocycles. The molecule has 1 heterocycles. The second-order valence-corrected chi connectivity index (χ2v) is 5.26. The summed E-state index contributed by atoms with van der Waals surface area (Å²) in [6, 6.07) is 2.52. The van der Waals surface area contributed by atoms with Crippen LogP contribution in [-0.4, -0.2) is 18.2 Å². The van der Waals surface area contributed by atoms with Crippen LogP contribution >= 0.6 is 0 Å². The van der Waals surface area contributed by atoms with Crippen molar-refractivity contribution < 1.29 is 14.0 Å². The number of nitrogens with zero attached hydrogens (tertiary/aromatic N) is 1. The Morgan fingerprint density at radius 3 is 2.63 bits per heavy atom. The molecule has 102 valence electrons. The third-order valence-electron chi connectivity index (χ3n) is 3.49. The van der Waals surface area contributed by atoms with Gasteiger partial charge in [-0.15, -0.1) is 0 Å². The zero-order chi connectivity index (χ0) is 14.2. The van der Waals surface area contributed by atoms with Crippen LogP contribution in [0, 0.1) is 18.7 Å². The number of anilines is 1. The molecule has 3 nitrogen and oxygen atoms in total. The number of Topliss-reactive ketones (excluding diaryl/α,β-unsaturated/α-hetero) is 1. The summed E-state index contributed by atoms with van der Waals surface area (Å²) in [5.41, 5.74) is 1.42. The fraction of sp³-hybridized carbons (Fsp3) is 0.467. The fourth-order valence-electron chi connectivity index (χ4n) is 2.68. The molecule has 1 unspecified atom stereocenters. The smallest absolute Gasteiger partial charge is 0.299 e. The van der Waals surface area contributed by atoms with Gasteiger partial charge in [0, 0.05) is 6.54 Å². The standard InChI is InChI=1S/C15H18FNO2/c1-4-5-9(2)8-17-13-10(3)6-11(16)7-12(13)14(18)15(17)19/h6-7,9H,4-5,8H2,1-3H3. The number of fused-ring (bicyclic) bond motifs is 1. The van der Waals surface area contributed by atoms with Crippen LogP contribution in [0.5, 0.6) is 0 Å². The Balaban J connectivity index is 2.39. The van der Waals surface area contributed by atoms with Gasteiger partial charge >= 0.3 is 0 Å². The highest BCUT2D eigenvalue weighted by molar-refractivity contribution is 6.52. The third kappa shape index (κ3) is 2.39. The molecule has 1 amide bonds. The maximum atomic E-state index is 13.4. The van der Waals surface area contributed by atoms with Crippen molar-refractivity contribution in [2.75, 3.05) is 11.4 Å². The molecule has 1 atom stereocenters. The first-order valence-electron chi connectivity index (χ1n) is 6.62. The lowest BCUT2D eigenvalue weighted by molar-refractivity contribution is -0.114. The van der Waals surface area contributed by atoms with E-state index in [0.29, 0.717) is 23.7 Å². The molecule has 0 bridgehead atoms. The van der Waals surface area contributed by atoms with Crippen molar-refractivity contribution in [2.24, 2.45) is 5.92 Å². The summed E-state index contributed by atoms with van der Waals surface area (Å²) in [7, 11) is 0. The summed E-state index contributed by atoms with van der Waals surface area (Å²) in [5.74, 6) is -1.29. The van der Waals surface area contributed by atoms with Gasteiger partial charge in [-0.25, -0.2) is 4.39 Å². The van der Waals surface area contributed by atoms with Crippen LogP contribution < -0.4 is 4.90 Å². The monoisotopic (exact) mass is 263 g/mol. The average molecular weight is 263 g/mol. The SMILES string of the molecule is CCCC(C)CN1C(=O)C(=O)c2cc(F)cc(C)c21. The molecule has 0 saturated carbocycles. The lowest BCUT2D eigenvalue weighted by Gasteiger charge is -2.22. The Hall–Kier alpha value is -1.71. The van der Waals surface area contributed by atoms with Gasteiger partial charge in [0.1, 0.15) is 5.82 Å². The van der Waals surface area contributed by atoms with Crippen molar-refractivity contribution in [1.82, 2.24) is 0 Å². The molecule has 1 aliphatic heterocycles. The van der Waals surface area contributed by atoms with Crippen molar-refractivity contribution >= 4 is 17.4 Å². The molecule has 1 aromatic rings. The van der Waals surface area contributed by atoms with Crippen LogP contribution in [0.15, 0.2) is 12.1 Å². The van der Waals surface area contributed by atoms with Crippen LogP contribution in [0.25, 0.3) is 0 Å². The second-order valence-electron chi connectivity index (χ2n) is 5.26. The normalized spacial score (nSPS) is 15.9. The predicted octanol–water partition coefficient (Wildman–Crippen LogP) is 3.10. The van der Waals surface area contributed by atoms with Gasteiger partial charge in [-0.3, -0.25) is 9.59 Å². The fourth-order valence-corrected chi connectivity index (χ4v) is 2.68. The summed E-state index contributed by atoms with van der Waals surface area (Å²) in [5, 5.41) is 0. The minimum Gasteiger partial charge on any atom is -0.304 e. The van der Waals surface area contributed by atoms with Gasteiger partial charge in [0.2, 0.25) is 0 Å². The molecule has 0 radical (unpaired) electrons. The van der Waals surface area contributed by atoms with Gasteiger partial charge < -0.3 is 4.90 Å². The Labute approximate surface area is 112 Å². The summed E-state index contributed by atoms with van der Waals surface area (Å²) in [6.07, 6.45) is 2.03. The maximum absolute atomic E-state index is 13.4. The van der Waals surface area contributed by atoms with Crippen molar-refractivity contribution in [3.8, 4) is 0 Å². The van der Waals surface area contributed by atoms with Gasteiger partial charge in [-0.1, -0.05) is 20.3 Å². The molecule has 0 N–H and O–H groups in total. The van der Waals surface area contributed by atoms with E-state index in [9.17, 15) is 14.0 Å². The highest BCUT2D eigenvalue weighted by Gasteiger charge is 2.37. The zero-order valence-corrected chi connectivity index (χ0v) is 11.5. The summed E-state index contributed by atoms with van der Waals surface area (Å²) >= 11 is 0. The Morgan fingerprint density at radius 1 is 1.32 bits per heavy atom. The number of hydrogen-bond donors (Lipinski definition) is 0. The third-order valence-corrected chi connectivity index (χ3v) is 3.49. The molecule has 0 saturated heterocycles. The lowest BCUT2D eigenvalue weighted by Crippen LogP contribution is -2.34. The Morgan fingerprint density at radius 2 is 2.00 bits per heavy atom. The number of aryl methyl sites for hydroxylation is 1. The molecule has 1 aromatic carbocycles. The van der Waals surface area contributed by atoms with E-state index in [1.807, 2.05) is 0 Å². The second kappa shape index (κ2) is 5.11. The number of carbonyl (C=O) groups excluding carboxylic acids is 2. The van der Waals surface area contributed by atoms with Crippen molar-refractivity contribution in [2.45, 2.75) is 33.6 Å². The topological polar surface area (TPSA) is 37.4 Å². The molecule has 1 aliphatic rings. The van der Waals surface area contributed by atoms with Gasteiger partial charge in [0.15, 0.2) is 0 Å². The van der Waals surface area contributed by atoms with Gasteiger partial charge in [-0.05, 0) is 37.0 Å². The van der Waals surface area contributed by atoms with Crippen molar-refractivity contribution in [3.63, 3.8) is 0 Å². The number of amides is 1. The van der Waals surface area contributed by atoms with E-state index in [2.05, 4.69) is 13.8 Å². The van der Waals surface area contributed by atoms with E-state index < -0.39 is 17.5 Å². The van der Waals surface area contributed by atoms with E-state index in [4.69, 9.17) is 0 Å². The zero-order valence-electron chi connectivity index (χ0n) is 11.5. The largest absolute Gasteiger partial charge is 0.304 e. The lowest BCUT2D eigenvalue weighted by atomic mass is 10.0. The van der Waals surface area contributed by atoms with Crippen molar-refractivity contribution in [1.29, 1.82) is 0 Å². The molecule has 2 rings (SSSR count). The Bertz CT molecular complexity index is 539. The van der Waals surface area contributed by atoms with E-state index in [1.165, 1.54) is 11.0 Å². The van der Waals surface area contributed by atoms with Crippen LogP contribution in [0.3, 0.4) is 0 Å². The van der Waals surface area contributed by atoms with E-state index >= 15 is 0 Å². The number of benzene rings is 1. The van der Waals surface area contributed by atoms with Crippen molar-refractivity contribution in [3.05, 3.63) is 29.1 Å². The average Bonchev–Trinajstić information content (AvgIpc) is 2.55. The molecular formula is C15H18FNO2. The number of hydrogen-bond acceptors (Lipinski definition) is 2. The van der Waals surface area contributed by atoms with E-state index in [0.717, 1.165) is 18.9 Å².